The zero-order valence-corrected chi connectivity index (χ0v) is 19.8. The highest BCUT2D eigenvalue weighted by atomic mass is 32.2. The normalized spacial score (nSPS) is 18.5. The lowest BCUT2D eigenvalue weighted by Crippen LogP contribution is -2.27. The summed E-state index contributed by atoms with van der Waals surface area (Å²) in [5.41, 5.74) is 7.45. The average molecular weight is 497 g/mol. The van der Waals surface area contributed by atoms with Crippen molar-refractivity contribution in [2.75, 3.05) is 0 Å². The molecule has 0 aromatic heterocycles. The number of aliphatic hydroxyl groups excluding tert-OH is 1. The molecule has 0 spiro atoms. The molecule has 1 heterocycles. The molecule has 1 unspecified atom stereocenters. The molecule has 7 nitrogen and oxygen atoms in total. The number of ether oxygens (including phenoxy) is 1. The molecule has 9 heteroatoms. The lowest BCUT2D eigenvalue weighted by atomic mass is 9.93. The SMILES string of the molecule is CC1(Cc2ccc(CO)cc2)CC(S(=O)(=O)c2ccc(F)cc2)=C(c2ccc(/C(N)=N/O)cc2)O1. The summed E-state index contributed by atoms with van der Waals surface area (Å²) in [5, 5.41) is 21.2. The minimum Gasteiger partial charge on any atom is -0.485 e. The molecule has 0 bridgehead atoms. The van der Waals surface area contributed by atoms with E-state index in [1.54, 1.807) is 24.3 Å². The summed E-state index contributed by atoms with van der Waals surface area (Å²) in [4.78, 5) is 0.0648. The van der Waals surface area contributed by atoms with E-state index in [2.05, 4.69) is 5.16 Å². The highest BCUT2D eigenvalue weighted by Gasteiger charge is 2.43. The molecule has 4 rings (SSSR count). The van der Waals surface area contributed by atoms with Gasteiger partial charge in [-0.25, -0.2) is 12.8 Å². The first-order valence-electron chi connectivity index (χ1n) is 10.8. The van der Waals surface area contributed by atoms with Crippen LogP contribution in [0.1, 0.15) is 35.6 Å². The van der Waals surface area contributed by atoms with E-state index in [1.807, 2.05) is 31.2 Å². The first-order chi connectivity index (χ1) is 16.6. The Morgan fingerprint density at radius 3 is 2.20 bits per heavy atom. The Bertz CT molecular complexity index is 1380. The molecule has 1 aliphatic heterocycles. The summed E-state index contributed by atoms with van der Waals surface area (Å²) in [6.45, 7) is 1.77. The molecule has 4 N–H and O–H groups in total. The highest BCUT2D eigenvalue weighted by Crippen LogP contribution is 2.45. The van der Waals surface area contributed by atoms with Gasteiger partial charge in [0.25, 0.3) is 0 Å². The van der Waals surface area contributed by atoms with Crippen LogP contribution in [0.2, 0.25) is 0 Å². The Hall–Kier alpha value is -3.69. The van der Waals surface area contributed by atoms with Crippen LogP contribution >= 0.6 is 0 Å². The van der Waals surface area contributed by atoms with Gasteiger partial charge in [-0.2, -0.15) is 0 Å². The molecule has 1 atom stereocenters. The van der Waals surface area contributed by atoms with Crippen LogP contribution in [0.25, 0.3) is 5.76 Å². The first kappa shape index (κ1) is 24.4. The quantitative estimate of drug-likeness (QED) is 0.150. The van der Waals surface area contributed by atoms with Crippen LogP contribution in [0, 0.1) is 5.82 Å². The zero-order chi connectivity index (χ0) is 25.2. The molecule has 0 amide bonds. The Morgan fingerprint density at radius 1 is 1.03 bits per heavy atom. The monoisotopic (exact) mass is 496 g/mol. The number of oxime groups is 1. The van der Waals surface area contributed by atoms with E-state index in [-0.39, 0.29) is 34.4 Å². The van der Waals surface area contributed by atoms with Gasteiger partial charge in [-0.3, -0.25) is 0 Å². The smallest absolute Gasteiger partial charge is 0.206 e. The van der Waals surface area contributed by atoms with Gasteiger partial charge in [-0.1, -0.05) is 53.7 Å². The number of sulfone groups is 1. The summed E-state index contributed by atoms with van der Waals surface area (Å²) in [6, 6.07) is 18.5. The lowest BCUT2D eigenvalue weighted by Gasteiger charge is -2.25. The van der Waals surface area contributed by atoms with Crippen molar-refractivity contribution in [3.05, 3.63) is 106 Å². The molecule has 3 aromatic rings. The van der Waals surface area contributed by atoms with Gasteiger partial charge >= 0.3 is 0 Å². The molecule has 3 aromatic carbocycles. The molecule has 0 saturated heterocycles. The van der Waals surface area contributed by atoms with Gasteiger partial charge < -0.3 is 20.8 Å². The van der Waals surface area contributed by atoms with Crippen LogP contribution in [0.4, 0.5) is 4.39 Å². The van der Waals surface area contributed by atoms with Crippen molar-refractivity contribution in [2.24, 2.45) is 10.9 Å². The fraction of sp³-hybridized carbons (Fsp3) is 0.192. The second-order valence-corrected chi connectivity index (χ2v) is 10.6. The molecule has 0 saturated carbocycles. The number of halogens is 1. The summed E-state index contributed by atoms with van der Waals surface area (Å²) >= 11 is 0. The Morgan fingerprint density at radius 2 is 1.63 bits per heavy atom. The molecule has 0 radical (unpaired) electrons. The van der Waals surface area contributed by atoms with E-state index < -0.39 is 21.3 Å². The van der Waals surface area contributed by atoms with Gasteiger partial charge in [0, 0.05) is 24.0 Å². The van der Waals surface area contributed by atoms with E-state index >= 15 is 0 Å². The summed E-state index contributed by atoms with van der Waals surface area (Å²) in [7, 11) is -3.99. The van der Waals surface area contributed by atoms with Crippen LogP contribution in [-0.4, -0.2) is 30.2 Å². The average Bonchev–Trinajstić information content (AvgIpc) is 3.22. The lowest BCUT2D eigenvalue weighted by molar-refractivity contribution is 0.0800. The predicted octanol–water partition coefficient (Wildman–Crippen LogP) is 3.98. The van der Waals surface area contributed by atoms with E-state index in [4.69, 9.17) is 15.7 Å². The number of amidine groups is 1. The second-order valence-electron chi connectivity index (χ2n) is 8.65. The summed E-state index contributed by atoms with van der Waals surface area (Å²) in [6.07, 6.45) is 0.526. The van der Waals surface area contributed by atoms with Crippen molar-refractivity contribution in [2.45, 2.75) is 36.9 Å². The van der Waals surface area contributed by atoms with Crippen molar-refractivity contribution in [1.82, 2.24) is 0 Å². The third kappa shape index (κ3) is 5.06. The zero-order valence-electron chi connectivity index (χ0n) is 19.0. The third-order valence-corrected chi connectivity index (χ3v) is 7.79. The van der Waals surface area contributed by atoms with Gasteiger partial charge in [0.15, 0.2) is 5.84 Å². The number of aliphatic hydroxyl groups is 1. The van der Waals surface area contributed by atoms with E-state index in [0.717, 1.165) is 23.3 Å². The van der Waals surface area contributed by atoms with Gasteiger partial charge in [-0.05, 0) is 42.3 Å². The second kappa shape index (κ2) is 9.52. The van der Waals surface area contributed by atoms with Crippen molar-refractivity contribution in [1.29, 1.82) is 0 Å². The predicted molar refractivity (Wildman–Crippen MR) is 130 cm³/mol. The van der Waals surface area contributed by atoms with Gasteiger partial charge in [0.2, 0.25) is 9.84 Å². The maximum absolute atomic E-state index is 13.6. The molecular weight excluding hydrogens is 471 g/mol. The maximum atomic E-state index is 13.6. The van der Waals surface area contributed by atoms with Crippen LogP contribution in [-0.2, 0) is 27.6 Å². The highest BCUT2D eigenvalue weighted by molar-refractivity contribution is 7.95. The van der Waals surface area contributed by atoms with Crippen molar-refractivity contribution >= 4 is 21.4 Å². The topological polar surface area (TPSA) is 122 Å². The van der Waals surface area contributed by atoms with Gasteiger partial charge in [0.1, 0.15) is 17.2 Å². The van der Waals surface area contributed by atoms with Crippen molar-refractivity contribution < 1.29 is 27.9 Å². The number of hydrogen-bond acceptors (Lipinski definition) is 6. The van der Waals surface area contributed by atoms with Crippen LogP contribution in [0.3, 0.4) is 0 Å². The van der Waals surface area contributed by atoms with Crippen LogP contribution in [0.15, 0.2) is 87.8 Å². The number of rotatable bonds is 7. The molecule has 182 valence electrons. The van der Waals surface area contributed by atoms with Crippen molar-refractivity contribution in [3.8, 4) is 0 Å². The maximum Gasteiger partial charge on any atom is 0.206 e. The van der Waals surface area contributed by atoms with E-state index in [9.17, 15) is 17.9 Å². The molecule has 0 fully saturated rings. The fourth-order valence-electron chi connectivity index (χ4n) is 4.10. The Labute approximate surface area is 202 Å². The largest absolute Gasteiger partial charge is 0.485 e. The molecular formula is C26H25FN2O5S. The van der Waals surface area contributed by atoms with E-state index in [0.29, 0.717) is 17.5 Å². The summed E-state index contributed by atoms with van der Waals surface area (Å²) < 4.78 is 47.0. The van der Waals surface area contributed by atoms with Crippen LogP contribution in [0.5, 0.6) is 0 Å². The molecule has 1 aliphatic rings. The third-order valence-electron chi connectivity index (χ3n) is 5.92. The van der Waals surface area contributed by atoms with Crippen molar-refractivity contribution in [3.63, 3.8) is 0 Å². The Balaban J connectivity index is 1.75. The molecule has 0 aliphatic carbocycles. The fourth-order valence-corrected chi connectivity index (χ4v) is 5.77. The van der Waals surface area contributed by atoms with Crippen LogP contribution < -0.4 is 5.73 Å². The number of hydrogen-bond donors (Lipinski definition) is 3. The van der Waals surface area contributed by atoms with Gasteiger partial charge in [-0.15, -0.1) is 0 Å². The standard InChI is InChI=1S/C26H25FN2O5S/c1-26(14-17-2-4-18(16-30)5-3-17)15-23(35(32,33)22-12-10-21(27)11-13-22)24(34-26)19-6-8-20(9-7-19)25(28)29-31/h2-13,30-31H,14-16H2,1H3,(H2,28,29). The minimum absolute atomic E-state index is 0.0279. The number of benzene rings is 3. The number of nitrogens with zero attached hydrogens (tertiary/aromatic N) is 1. The van der Waals surface area contributed by atoms with Gasteiger partial charge in [0.05, 0.1) is 16.4 Å². The first-order valence-corrected chi connectivity index (χ1v) is 12.3. The minimum atomic E-state index is -3.99. The Kier molecular flexibility index (Phi) is 6.64. The summed E-state index contributed by atoms with van der Waals surface area (Å²) in [5.74, 6) is -0.404. The molecule has 35 heavy (non-hydrogen) atoms. The number of nitrogens with two attached hydrogens (primary N) is 1. The van der Waals surface area contributed by atoms with E-state index in [1.165, 1.54) is 12.1 Å².